The molecule has 0 amide bonds. The van der Waals surface area contributed by atoms with E-state index in [9.17, 15) is 13.2 Å². The summed E-state index contributed by atoms with van der Waals surface area (Å²) >= 11 is 6.77. The number of hydrogen-bond donors (Lipinski definition) is 2. The van der Waals surface area contributed by atoms with Crippen molar-refractivity contribution < 1.29 is 22.6 Å². The fourth-order valence-corrected chi connectivity index (χ4v) is 4.82. The van der Waals surface area contributed by atoms with Crippen LogP contribution in [0.5, 0.6) is 11.6 Å². The standard InChI is InChI=1S/C29H28ClF3N4O2/c1-34-15-18-9-8-17(14-24(18)38-3)27-26(30)21(12-13-36-27)20-6-5-7-22(25(20)29(31,32)33)23-11-10-19(16-35-2)28(37-23)39-4/h5-14,34-35H,15-16H2,1-4H3. The van der Waals surface area contributed by atoms with Gasteiger partial charge in [-0.15, -0.1) is 0 Å². The zero-order valence-corrected chi connectivity index (χ0v) is 22.7. The Balaban J connectivity index is 1.90. The number of halogens is 4. The Morgan fingerprint density at radius 3 is 2.21 bits per heavy atom. The molecule has 2 heterocycles. The SMILES string of the molecule is CNCc1ccc(-c2nccc(-c3cccc(-c4ccc(CNC)c(OC)n4)c3C(F)(F)F)c2Cl)cc1OC. The number of pyridine rings is 2. The van der Waals surface area contributed by atoms with E-state index in [1.807, 2.05) is 19.2 Å². The van der Waals surface area contributed by atoms with Crippen LogP contribution in [-0.4, -0.2) is 38.3 Å². The quantitative estimate of drug-likeness (QED) is 0.242. The van der Waals surface area contributed by atoms with Gasteiger partial charge in [0.05, 0.1) is 36.2 Å². The van der Waals surface area contributed by atoms with E-state index in [4.69, 9.17) is 21.1 Å². The zero-order valence-electron chi connectivity index (χ0n) is 21.9. The average molecular weight is 557 g/mol. The van der Waals surface area contributed by atoms with Crippen molar-refractivity contribution in [2.45, 2.75) is 19.3 Å². The molecule has 2 N–H and O–H groups in total. The molecular weight excluding hydrogens is 529 g/mol. The maximum Gasteiger partial charge on any atom is 0.417 e. The van der Waals surface area contributed by atoms with Gasteiger partial charge in [-0.1, -0.05) is 48.0 Å². The summed E-state index contributed by atoms with van der Waals surface area (Å²) in [7, 11) is 6.58. The Morgan fingerprint density at radius 2 is 1.54 bits per heavy atom. The number of nitrogens with zero attached hydrogens (tertiary/aromatic N) is 2. The molecule has 2 aromatic heterocycles. The van der Waals surface area contributed by atoms with Gasteiger partial charge in [-0.2, -0.15) is 13.2 Å². The first-order valence-electron chi connectivity index (χ1n) is 12.1. The number of rotatable bonds is 9. The monoisotopic (exact) mass is 556 g/mol. The van der Waals surface area contributed by atoms with Crippen LogP contribution in [0.4, 0.5) is 13.2 Å². The molecule has 10 heteroatoms. The van der Waals surface area contributed by atoms with Crippen molar-refractivity contribution in [3.63, 3.8) is 0 Å². The molecule has 0 aliphatic rings. The lowest BCUT2D eigenvalue weighted by Crippen LogP contribution is -2.11. The van der Waals surface area contributed by atoms with Crippen LogP contribution in [0.15, 0.2) is 60.8 Å². The van der Waals surface area contributed by atoms with Crippen LogP contribution in [0, 0.1) is 0 Å². The second-order valence-electron chi connectivity index (χ2n) is 8.70. The highest BCUT2D eigenvalue weighted by atomic mass is 35.5. The predicted molar refractivity (Wildman–Crippen MR) is 147 cm³/mol. The van der Waals surface area contributed by atoms with Crippen LogP contribution in [0.25, 0.3) is 33.6 Å². The first kappa shape index (κ1) is 28.4. The maximum absolute atomic E-state index is 14.7. The van der Waals surface area contributed by atoms with Crippen molar-refractivity contribution in [2.75, 3.05) is 28.3 Å². The Bertz CT molecular complexity index is 1480. The van der Waals surface area contributed by atoms with E-state index in [0.29, 0.717) is 30.1 Å². The summed E-state index contributed by atoms with van der Waals surface area (Å²) in [5.74, 6) is 0.866. The number of hydrogen-bond acceptors (Lipinski definition) is 6. The lowest BCUT2D eigenvalue weighted by atomic mass is 9.92. The molecule has 0 unspecified atom stereocenters. The van der Waals surface area contributed by atoms with Gasteiger partial charge in [-0.05, 0) is 37.9 Å². The van der Waals surface area contributed by atoms with Crippen LogP contribution in [0.2, 0.25) is 5.02 Å². The molecule has 0 spiro atoms. The molecule has 0 aliphatic carbocycles. The lowest BCUT2D eigenvalue weighted by molar-refractivity contribution is -0.136. The van der Waals surface area contributed by atoms with Crippen molar-refractivity contribution >= 4 is 11.6 Å². The number of nitrogens with one attached hydrogen (secondary N) is 2. The smallest absolute Gasteiger partial charge is 0.417 e. The van der Waals surface area contributed by atoms with E-state index in [1.54, 1.807) is 38.4 Å². The minimum atomic E-state index is -4.70. The molecule has 6 nitrogen and oxygen atoms in total. The molecule has 0 saturated carbocycles. The largest absolute Gasteiger partial charge is 0.496 e. The molecule has 4 aromatic rings. The third kappa shape index (κ3) is 5.85. The normalized spacial score (nSPS) is 11.5. The number of methoxy groups -OCH3 is 2. The Morgan fingerprint density at radius 1 is 0.846 bits per heavy atom. The van der Waals surface area contributed by atoms with E-state index in [0.717, 1.165) is 11.1 Å². The molecule has 39 heavy (non-hydrogen) atoms. The molecule has 204 valence electrons. The van der Waals surface area contributed by atoms with Gasteiger partial charge in [0.25, 0.3) is 0 Å². The first-order chi connectivity index (χ1) is 18.7. The van der Waals surface area contributed by atoms with Gasteiger partial charge in [0.2, 0.25) is 5.88 Å². The molecule has 0 aliphatic heterocycles. The summed E-state index contributed by atoms with van der Waals surface area (Å²) in [5, 5.41) is 6.16. The van der Waals surface area contributed by atoms with E-state index in [-0.39, 0.29) is 33.3 Å². The van der Waals surface area contributed by atoms with Crippen LogP contribution >= 0.6 is 11.6 Å². The maximum atomic E-state index is 14.7. The van der Waals surface area contributed by atoms with Crippen LogP contribution in [0.1, 0.15) is 16.7 Å². The average Bonchev–Trinajstić information content (AvgIpc) is 2.93. The third-order valence-corrected chi connectivity index (χ3v) is 6.61. The summed E-state index contributed by atoms with van der Waals surface area (Å²) < 4.78 is 54.9. The highest BCUT2D eigenvalue weighted by Crippen LogP contribution is 2.46. The van der Waals surface area contributed by atoms with E-state index >= 15 is 0 Å². The van der Waals surface area contributed by atoms with Gasteiger partial charge in [0, 0.05) is 47.1 Å². The second kappa shape index (κ2) is 12.0. The molecule has 4 rings (SSSR count). The predicted octanol–water partition coefficient (Wildman–Crippen LogP) is 6.61. The highest BCUT2D eigenvalue weighted by molar-refractivity contribution is 6.35. The summed E-state index contributed by atoms with van der Waals surface area (Å²) in [6, 6.07) is 14.6. The number of alkyl halides is 3. The number of aromatic nitrogens is 2. The van der Waals surface area contributed by atoms with Crippen LogP contribution < -0.4 is 20.1 Å². The van der Waals surface area contributed by atoms with Crippen LogP contribution in [0.3, 0.4) is 0 Å². The van der Waals surface area contributed by atoms with Gasteiger partial charge in [-0.25, -0.2) is 4.98 Å². The number of ether oxygens (including phenoxy) is 2. The number of benzene rings is 2. The fraction of sp³-hybridized carbons (Fsp3) is 0.241. The van der Waals surface area contributed by atoms with E-state index in [1.165, 1.54) is 31.5 Å². The zero-order chi connectivity index (χ0) is 28.2. The van der Waals surface area contributed by atoms with Gasteiger partial charge in [-0.3, -0.25) is 4.98 Å². The molecule has 2 aromatic carbocycles. The fourth-order valence-electron chi connectivity index (χ4n) is 4.50. The topological polar surface area (TPSA) is 68.3 Å². The molecule has 0 bridgehead atoms. The van der Waals surface area contributed by atoms with Crippen molar-refractivity contribution in [2.24, 2.45) is 0 Å². The van der Waals surface area contributed by atoms with Crippen molar-refractivity contribution in [1.29, 1.82) is 0 Å². The molecule has 0 fully saturated rings. The minimum Gasteiger partial charge on any atom is -0.496 e. The molecule has 0 atom stereocenters. The van der Waals surface area contributed by atoms with E-state index in [2.05, 4.69) is 20.6 Å². The summed E-state index contributed by atoms with van der Waals surface area (Å²) in [5.41, 5.74) is 1.95. The van der Waals surface area contributed by atoms with Crippen molar-refractivity contribution in [3.8, 4) is 45.3 Å². The molecular formula is C29H28ClF3N4O2. The Hall–Kier alpha value is -3.66. The highest BCUT2D eigenvalue weighted by Gasteiger charge is 2.38. The molecule has 0 saturated heterocycles. The van der Waals surface area contributed by atoms with Gasteiger partial charge in [0.1, 0.15) is 5.75 Å². The second-order valence-corrected chi connectivity index (χ2v) is 9.08. The van der Waals surface area contributed by atoms with Gasteiger partial charge < -0.3 is 20.1 Å². The van der Waals surface area contributed by atoms with Crippen molar-refractivity contribution in [3.05, 3.63) is 82.5 Å². The lowest BCUT2D eigenvalue weighted by Gasteiger charge is -2.19. The third-order valence-electron chi connectivity index (χ3n) is 6.23. The van der Waals surface area contributed by atoms with E-state index < -0.39 is 11.7 Å². The summed E-state index contributed by atoms with van der Waals surface area (Å²) in [6.07, 6.45) is -3.25. The van der Waals surface area contributed by atoms with Gasteiger partial charge in [0.15, 0.2) is 0 Å². The first-order valence-corrected chi connectivity index (χ1v) is 12.5. The molecule has 0 radical (unpaired) electrons. The Labute approximate surface area is 230 Å². The van der Waals surface area contributed by atoms with Crippen LogP contribution in [-0.2, 0) is 19.3 Å². The van der Waals surface area contributed by atoms with Crippen molar-refractivity contribution in [1.82, 2.24) is 20.6 Å². The summed E-state index contributed by atoms with van der Waals surface area (Å²) in [6.45, 7) is 1.04. The Kier molecular flexibility index (Phi) is 8.74. The minimum absolute atomic E-state index is 0.0764. The summed E-state index contributed by atoms with van der Waals surface area (Å²) in [4.78, 5) is 8.78. The van der Waals surface area contributed by atoms with Gasteiger partial charge >= 0.3 is 6.18 Å².